The van der Waals surface area contributed by atoms with Gasteiger partial charge < -0.3 is 20.1 Å². The van der Waals surface area contributed by atoms with Gasteiger partial charge >= 0.3 is 0 Å². The first-order chi connectivity index (χ1) is 12.7. The van der Waals surface area contributed by atoms with E-state index in [-0.39, 0.29) is 0 Å². The molecule has 2 aromatic rings. The summed E-state index contributed by atoms with van der Waals surface area (Å²) in [6.45, 7) is 4.05. The molecule has 0 atom stereocenters. The van der Waals surface area contributed by atoms with Crippen molar-refractivity contribution >= 4 is 17.6 Å². The summed E-state index contributed by atoms with van der Waals surface area (Å²) in [5.74, 6) is 2.17. The van der Waals surface area contributed by atoms with Crippen LogP contribution in [0.25, 0.3) is 0 Å². The number of methoxy groups -OCH3 is 2. The van der Waals surface area contributed by atoms with Gasteiger partial charge in [0.15, 0.2) is 17.5 Å². The van der Waals surface area contributed by atoms with Gasteiger partial charge in [0, 0.05) is 23.7 Å². The van der Waals surface area contributed by atoms with Gasteiger partial charge in [-0.15, -0.1) is 0 Å². The molecule has 0 aliphatic heterocycles. The van der Waals surface area contributed by atoms with Crippen LogP contribution in [0.2, 0.25) is 5.02 Å². The molecule has 5 nitrogen and oxygen atoms in total. The topological polar surface area (TPSA) is 54.9 Å². The van der Waals surface area contributed by atoms with Crippen LogP contribution in [-0.2, 0) is 13.0 Å². The van der Waals surface area contributed by atoms with Gasteiger partial charge in [-0.1, -0.05) is 41.9 Å². The third-order valence-electron chi connectivity index (χ3n) is 3.88. The van der Waals surface area contributed by atoms with Crippen LogP contribution in [-0.4, -0.2) is 33.3 Å². The van der Waals surface area contributed by atoms with Crippen LogP contribution < -0.4 is 20.1 Å². The summed E-state index contributed by atoms with van der Waals surface area (Å²) in [7, 11) is 3.27. The number of benzene rings is 2. The second-order valence-electron chi connectivity index (χ2n) is 5.62. The van der Waals surface area contributed by atoms with Crippen LogP contribution in [0.15, 0.2) is 47.5 Å². The predicted octanol–water partition coefficient (Wildman–Crippen LogP) is 3.66. The fourth-order valence-electron chi connectivity index (χ4n) is 2.60. The second-order valence-corrected chi connectivity index (χ2v) is 6.02. The Bertz CT molecular complexity index is 735. The van der Waals surface area contributed by atoms with Gasteiger partial charge in [-0.25, -0.2) is 4.99 Å². The van der Waals surface area contributed by atoms with Gasteiger partial charge in [0.2, 0.25) is 0 Å². The van der Waals surface area contributed by atoms with Crippen molar-refractivity contribution in [2.24, 2.45) is 4.99 Å². The Hall–Kier alpha value is -2.40. The predicted molar refractivity (Wildman–Crippen MR) is 108 cm³/mol. The van der Waals surface area contributed by atoms with Crippen molar-refractivity contribution in [2.45, 2.75) is 19.9 Å². The summed E-state index contributed by atoms with van der Waals surface area (Å²) in [4.78, 5) is 4.65. The molecule has 0 fully saturated rings. The first-order valence-electron chi connectivity index (χ1n) is 8.65. The maximum Gasteiger partial charge on any atom is 0.191 e. The number of rotatable bonds is 8. The lowest BCUT2D eigenvalue weighted by Gasteiger charge is -2.14. The normalized spacial score (nSPS) is 11.2. The molecule has 0 spiro atoms. The maximum atomic E-state index is 6.20. The molecule has 2 N–H and O–H groups in total. The van der Waals surface area contributed by atoms with E-state index < -0.39 is 0 Å². The Morgan fingerprint density at radius 2 is 1.77 bits per heavy atom. The number of hydrogen-bond donors (Lipinski definition) is 2. The van der Waals surface area contributed by atoms with Gasteiger partial charge in [-0.05, 0) is 31.0 Å². The smallest absolute Gasteiger partial charge is 0.191 e. The molecular formula is C20H26ClN3O2. The van der Waals surface area contributed by atoms with Gasteiger partial charge in [0.1, 0.15) is 0 Å². The maximum absolute atomic E-state index is 6.20. The number of para-hydroxylation sites is 1. The molecule has 0 unspecified atom stereocenters. The monoisotopic (exact) mass is 375 g/mol. The molecule has 0 aromatic heterocycles. The zero-order chi connectivity index (χ0) is 18.8. The van der Waals surface area contributed by atoms with Crippen molar-refractivity contribution in [2.75, 3.05) is 27.3 Å². The fourth-order valence-corrected chi connectivity index (χ4v) is 2.83. The highest BCUT2D eigenvalue weighted by molar-refractivity contribution is 6.31. The minimum absolute atomic E-state index is 0.488. The molecular weight excluding hydrogens is 350 g/mol. The molecule has 0 amide bonds. The van der Waals surface area contributed by atoms with E-state index in [4.69, 9.17) is 21.1 Å². The summed E-state index contributed by atoms with van der Waals surface area (Å²) in [5.41, 5.74) is 2.09. The molecule has 0 bridgehead atoms. The number of ether oxygens (including phenoxy) is 2. The van der Waals surface area contributed by atoms with E-state index in [1.54, 1.807) is 14.2 Å². The summed E-state index contributed by atoms with van der Waals surface area (Å²) in [6.07, 6.45) is 0.826. The minimum Gasteiger partial charge on any atom is -0.493 e. The SMILES string of the molecule is CCNC(=NCc1cccc(OC)c1OC)NCCc1ccccc1Cl. The van der Waals surface area contributed by atoms with Crippen molar-refractivity contribution in [3.63, 3.8) is 0 Å². The molecule has 0 aliphatic carbocycles. The average Bonchev–Trinajstić information content (AvgIpc) is 2.67. The molecule has 0 saturated heterocycles. The third kappa shape index (κ3) is 5.56. The highest BCUT2D eigenvalue weighted by atomic mass is 35.5. The number of aliphatic imine (C=N–C) groups is 1. The van der Waals surface area contributed by atoms with Crippen LogP contribution in [0.4, 0.5) is 0 Å². The number of nitrogens with one attached hydrogen (secondary N) is 2. The molecule has 140 valence electrons. The van der Waals surface area contributed by atoms with Crippen LogP contribution in [0, 0.1) is 0 Å². The Morgan fingerprint density at radius 3 is 2.46 bits per heavy atom. The van der Waals surface area contributed by atoms with E-state index in [0.29, 0.717) is 18.0 Å². The lowest BCUT2D eigenvalue weighted by Crippen LogP contribution is -2.38. The van der Waals surface area contributed by atoms with Gasteiger partial charge in [-0.3, -0.25) is 0 Å². The number of halogens is 1. The summed E-state index contributed by atoms with van der Waals surface area (Å²) in [6, 6.07) is 13.7. The van der Waals surface area contributed by atoms with E-state index in [1.807, 2.05) is 49.4 Å². The van der Waals surface area contributed by atoms with Crippen LogP contribution >= 0.6 is 11.6 Å². The lowest BCUT2D eigenvalue weighted by atomic mass is 10.1. The summed E-state index contributed by atoms with van der Waals surface area (Å²) >= 11 is 6.20. The third-order valence-corrected chi connectivity index (χ3v) is 4.25. The van der Waals surface area contributed by atoms with Crippen molar-refractivity contribution in [3.8, 4) is 11.5 Å². The Balaban J connectivity index is 2.01. The Kier molecular flexibility index (Phi) is 8.09. The molecule has 0 aliphatic rings. The van der Waals surface area contributed by atoms with Crippen LogP contribution in [0.5, 0.6) is 11.5 Å². The number of hydrogen-bond acceptors (Lipinski definition) is 3. The minimum atomic E-state index is 0.488. The largest absolute Gasteiger partial charge is 0.493 e. The van der Waals surface area contributed by atoms with Crippen molar-refractivity contribution < 1.29 is 9.47 Å². The first-order valence-corrected chi connectivity index (χ1v) is 9.02. The van der Waals surface area contributed by atoms with Gasteiger partial charge in [-0.2, -0.15) is 0 Å². The van der Waals surface area contributed by atoms with Crippen LogP contribution in [0.1, 0.15) is 18.1 Å². The fraction of sp³-hybridized carbons (Fsp3) is 0.350. The molecule has 6 heteroatoms. The Morgan fingerprint density at radius 1 is 1.00 bits per heavy atom. The first kappa shape index (κ1) is 19.9. The highest BCUT2D eigenvalue weighted by Crippen LogP contribution is 2.31. The zero-order valence-electron chi connectivity index (χ0n) is 15.5. The number of guanidine groups is 1. The quantitative estimate of drug-likeness (QED) is 0.546. The van der Waals surface area contributed by atoms with Gasteiger partial charge in [0.05, 0.1) is 20.8 Å². The van der Waals surface area contributed by atoms with E-state index >= 15 is 0 Å². The molecule has 26 heavy (non-hydrogen) atoms. The summed E-state index contributed by atoms with van der Waals surface area (Å²) < 4.78 is 10.8. The van der Waals surface area contributed by atoms with Crippen molar-refractivity contribution in [1.82, 2.24) is 10.6 Å². The summed E-state index contributed by atoms with van der Waals surface area (Å²) in [5, 5.41) is 7.38. The van der Waals surface area contributed by atoms with E-state index in [2.05, 4.69) is 15.6 Å². The highest BCUT2D eigenvalue weighted by Gasteiger charge is 2.09. The van der Waals surface area contributed by atoms with E-state index in [0.717, 1.165) is 41.6 Å². The zero-order valence-corrected chi connectivity index (χ0v) is 16.3. The van der Waals surface area contributed by atoms with Crippen molar-refractivity contribution in [1.29, 1.82) is 0 Å². The van der Waals surface area contributed by atoms with Crippen molar-refractivity contribution in [3.05, 3.63) is 58.6 Å². The molecule has 0 saturated carbocycles. The second kappa shape index (κ2) is 10.6. The molecule has 2 rings (SSSR count). The standard InChI is InChI=1S/C20H26ClN3O2/c1-4-22-20(23-13-12-15-8-5-6-10-17(15)21)24-14-16-9-7-11-18(25-2)19(16)26-3/h5-11H,4,12-14H2,1-3H3,(H2,22,23,24). The molecule has 0 heterocycles. The van der Waals surface area contributed by atoms with E-state index in [9.17, 15) is 0 Å². The van der Waals surface area contributed by atoms with Gasteiger partial charge in [0.25, 0.3) is 0 Å². The molecule has 0 radical (unpaired) electrons. The van der Waals surface area contributed by atoms with E-state index in [1.165, 1.54) is 0 Å². The van der Waals surface area contributed by atoms with Crippen LogP contribution in [0.3, 0.4) is 0 Å². The molecule has 2 aromatic carbocycles. The number of nitrogens with zero attached hydrogens (tertiary/aromatic N) is 1. The Labute approximate surface area is 160 Å². The lowest BCUT2D eigenvalue weighted by molar-refractivity contribution is 0.352. The average molecular weight is 376 g/mol.